The van der Waals surface area contributed by atoms with Crippen LogP contribution in [0.3, 0.4) is 0 Å². The van der Waals surface area contributed by atoms with Crippen LogP contribution in [0, 0.1) is 0 Å². The number of benzene rings is 1. The van der Waals surface area contributed by atoms with Gasteiger partial charge in [-0.1, -0.05) is 6.07 Å². The Balaban J connectivity index is 1.61. The fourth-order valence-electron chi connectivity index (χ4n) is 3.02. The van der Waals surface area contributed by atoms with E-state index in [2.05, 4.69) is 23.1 Å². The summed E-state index contributed by atoms with van der Waals surface area (Å²) >= 11 is 0. The van der Waals surface area contributed by atoms with E-state index in [4.69, 9.17) is 14.6 Å². The highest BCUT2D eigenvalue weighted by atomic mass is 16.7. The minimum Gasteiger partial charge on any atom is -0.497 e. The van der Waals surface area contributed by atoms with Crippen LogP contribution in [-0.2, 0) is 4.74 Å². The van der Waals surface area contributed by atoms with E-state index in [0.29, 0.717) is 6.54 Å². The molecule has 1 saturated heterocycles. The van der Waals surface area contributed by atoms with Gasteiger partial charge in [0.25, 0.3) is 0 Å². The minimum absolute atomic E-state index is 0.207. The van der Waals surface area contributed by atoms with Crippen molar-refractivity contribution in [3.63, 3.8) is 0 Å². The molecule has 1 atom stereocenters. The average molecular weight is 289 g/mol. The number of carbonyl (C=O) groups is 1. The predicted octanol–water partition coefficient (Wildman–Crippen LogP) is 2.71. The Morgan fingerprint density at radius 1 is 1.48 bits per heavy atom. The molecule has 1 fully saturated rings. The third-order valence-electron chi connectivity index (χ3n) is 4.06. The third-order valence-corrected chi connectivity index (χ3v) is 4.06. The summed E-state index contributed by atoms with van der Waals surface area (Å²) < 4.78 is 10.2. The van der Waals surface area contributed by atoms with Crippen LogP contribution < -0.4 is 4.74 Å². The Morgan fingerprint density at radius 3 is 3.10 bits per heavy atom. The molecule has 0 bridgehead atoms. The molecule has 3 rings (SSSR count). The molecule has 1 aliphatic heterocycles. The summed E-state index contributed by atoms with van der Waals surface area (Å²) in [5.74, 6) is 0.866. The molecule has 1 aromatic rings. The number of rotatable bonds is 4. The molecular formula is C16H19NO4. The van der Waals surface area contributed by atoms with Gasteiger partial charge < -0.3 is 14.6 Å². The molecule has 1 aliphatic carbocycles. The quantitative estimate of drug-likeness (QED) is 0.864. The van der Waals surface area contributed by atoms with Crippen LogP contribution in [0.15, 0.2) is 18.2 Å². The van der Waals surface area contributed by atoms with Gasteiger partial charge in [-0.2, -0.15) is 0 Å². The van der Waals surface area contributed by atoms with E-state index in [1.54, 1.807) is 7.11 Å². The van der Waals surface area contributed by atoms with Crippen molar-refractivity contribution >= 4 is 17.8 Å². The Morgan fingerprint density at radius 2 is 2.33 bits per heavy atom. The van der Waals surface area contributed by atoms with Gasteiger partial charge in [0.2, 0.25) is 0 Å². The normalized spacial score (nSPS) is 21.0. The first-order valence-electron chi connectivity index (χ1n) is 7.16. The lowest BCUT2D eigenvalue weighted by Gasteiger charge is -2.34. The summed E-state index contributed by atoms with van der Waals surface area (Å²) in [7, 11) is 1.67. The second kappa shape index (κ2) is 5.77. The van der Waals surface area contributed by atoms with E-state index in [9.17, 15) is 4.79 Å². The molecule has 2 aliphatic rings. The van der Waals surface area contributed by atoms with E-state index < -0.39 is 6.16 Å². The summed E-state index contributed by atoms with van der Waals surface area (Å²) in [4.78, 5) is 12.9. The molecule has 21 heavy (non-hydrogen) atoms. The van der Waals surface area contributed by atoms with Crippen LogP contribution in [0.1, 0.15) is 24.0 Å². The SMILES string of the molecule is COc1ccc2c(c1)C(CN1CCCC(OC(=O)O)C1)=C2. The molecule has 5 nitrogen and oxygen atoms in total. The van der Waals surface area contributed by atoms with Crippen molar-refractivity contribution in [3.05, 3.63) is 29.3 Å². The van der Waals surface area contributed by atoms with E-state index in [0.717, 1.165) is 31.7 Å². The lowest BCUT2D eigenvalue weighted by atomic mass is 9.87. The van der Waals surface area contributed by atoms with Crippen LogP contribution in [0.25, 0.3) is 11.6 Å². The number of hydrogen-bond acceptors (Lipinski definition) is 4. The number of piperidine rings is 1. The summed E-state index contributed by atoms with van der Waals surface area (Å²) in [6, 6.07) is 6.08. The Labute approximate surface area is 123 Å². The largest absolute Gasteiger partial charge is 0.506 e. The standard InChI is InChI=1S/C16H19NO4/c1-20-13-5-4-11-7-12(15(11)8-13)9-17-6-2-3-14(10-17)21-16(18)19/h4-5,7-8,14H,2-3,6,9-10H2,1H3,(H,18,19). The maximum atomic E-state index is 10.6. The van der Waals surface area contributed by atoms with E-state index in [1.165, 1.54) is 16.7 Å². The number of likely N-dealkylation sites (tertiary alicyclic amines) is 1. The van der Waals surface area contributed by atoms with E-state index >= 15 is 0 Å². The van der Waals surface area contributed by atoms with E-state index in [1.807, 2.05) is 6.07 Å². The Bertz CT molecular complexity index is 582. The fraction of sp³-hybridized carbons (Fsp3) is 0.438. The number of ether oxygens (including phenoxy) is 2. The minimum atomic E-state index is -1.18. The van der Waals surface area contributed by atoms with Crippen LogP contribution in [0.4, 0.5) is 4.79 Å². The number of methoxy groups -OCH3 is 1. The lowest BCUT2D eigenvalue weighted by molar-refractivity contribution is 0.0166. The van der Waals surface area contributed by atoms with Gasteiger partial charge in [-0.3, -0.25) is 4.90 Å². The highest BCUT2D eigenvalue weighted by Crippen LogP contribution is 2.36. The molecule has 0 saturated carbocycles. The second-order valence-corrected chi connectivity index (χ2v) is 5.51. The predicted molar refractivity (Wildman–Crippen MR) is 79.4 cm³/mol. The topological polar surface area (TPSA) is 59.0 Å². The van der Waals surface area contributed by atoms with Crippen molar-refractivity contribution in [1.29, 1.82) is 0 Å². The molecule has 0 spiro atoms. The molecule has 0 radical (unpaired) electrons. The zero-order valence-electron chi connectivity index (χ0n) is 12.0. The zero-order valence-corrected chi connectivity index (χ0v) is 12.0. The van der Waals surface area contributed by atoms with Crippen molar-refractivity contribution in [2.75, 3.05) is 26.7 Å². The zero-order chi connectivity index (χ0) is 14.8. The van der Waals surface area contributed by atoms with Gasteiger partial charge in [0.15, 0.2) is 0 Å². The molecule has 5 heteroatoms. The highest BCUT2D eigenvalue weighted by molar-refractivity contribution is 5.96. The Kier molecular flexibility index (Phi) is 3.84. The van der Waals surface area contributed by atoms with Gasteiger partial charge >= 0.3 is 6.16 Å². The smallest absolute Gasteiger partial charge is 0.497 e. The van der Waals surface area contributed by atoms with Crippen molar-refractivity contribution < 1.29 is 19.4 Å². The van der Waals surface area contributed by atoms with Gasteiger partial charge in [-0.25, -0.2) is 4.79 Å². The Hall–Kier alpha value is -2.01. The molecule has 0 aromatic heterocycles. The summed E-state index contributed by atoms with van der Waals surface area (Å²) in [5.41, 5.74) is 3.75. The lowest BCUT2D eigenvalue weighted by Crippen LogP contribution is -2.41. The van der Waals surface area contributed by atoms with Crippen molar-refractivity contribution in [3.8, 4) is 5.75 Å². The van der Waals surface area contributed by atoms with Crippen LogP contribution in [-0.4, -0.2) is 49.0 Å². The molecule has 1 N–H and O–H groups in total. The van der Waals surface area contributed by atoms with Crippen LogP contribution in [0.5, 0.6) is 5.75 Å². The first kappa shape index (κ1) is 13.9. The fourth-order valence-corrected chi connectivity index (χ4v) is 3.02. The third kappa shape index (κ3) is 3.03. The number of hydrogen-bond donors (Lipinski definition) is 1. The van der Waals surface area contributed by atoms with Gasteiger partial charge in [0.1, 0.15) is 11.9 Å². The number of carboxylic acid groups (broad SMARTS) is 1. The molecule has 1 aromatic carbocycles. The van der Waals surface area contributed by atoms with E-state index in [-0.39, 0.29) is 6.10 Å². The first-order valence-corrected chi connectivity index (χ1v) is 7.16. The van der Waals surface area contributed by atoms with Crippen LogP contribution >= 0.6 is 0 Å². The molecule has 1 heterocycles. The summed E-state index contributed by atoms with van der Waals surface area (Å²) in [5, 5.41) is 8.71. The maximum absolute atomic E-state index is 10.6. The summed E-state index contributed by atoms with van der Waals surface area (Å²) in [6.45, 7) is 2.48. The van der Waals surface area contributed by atoms with Crippen LogP contribution in [0.2, 0.25) is 0 Å². The van der Waals surface area contributed by atoms with Crippen molar-refractivity contribution in [1.82, 2.24) is 4.90 Å². The monoisotopic (exact) mass is 289 g/mol. The van der Waals surface area contributed by atoms with Gasteiger partial charge in [-0.05, 0) is 54.3 Å². The van der Waals surface area contributed by atoms with Gasteiger partial charge in [0.05, 0.1) is 7.11 Å². The maximum Gasteiger partial charge on any atom is 0.506 e. The number of nitrogens with zero attached hydrogens (tertiary/aromatic N) is 1. The van der Waals surface area contributed by atoms with Crippen molar-refractivity contribution in [2.45, 2.75) is 18.9 Å². The number of fused-ring (bicyclic) bond motifs is 1. The second-order valence-electron chi connectivity index (χ2n) is 5.51. The highest BCUT2D eigenvalue weighted by Gasteiger charge is 2.26. The molecule has 112 valence electrons. The van der Waals surface area contributed by atoms with Gasteiger partial charge in [-0.15, -0.1) is 0 Å². The molecular weight excluding hydrogens is 270 g/mol. The van der Waals surface area contributed by atoms with Crippen molar-refractivity contribution in [2.24, 2.45) is 0 Å². The molecule has 0 amide bonds. The summed E-state index contributed by atoms with van der Waals surface area (Å²) in [6.07, 6.45) is 2.57. The van der Waals surface area contributed by atoms with Gasteiger partial charge in [0, 0.05) is 13.1 Å². The molecule has 1 unspecified atom stereocenters. The average Bonchev–Trinajstić information content (AvgIpc) is 2.44. The first-order chi connectivity index (χ1) is 10.2.